The summed E-state index contributed by atoms with van der Waals surface area (Å²) < 4.78 is 12.0. The Morgan fingerprint density at radius 3 is 2.14 bits per heavy atom. The third kappa shape index (κ3) is 5.22. The number of fused-ring (bicyclic) bond motifs is 12. The molecule has 64 heavy (non-hydrogen) atoms. The van der Waals surface area contributed by atoms with E-state index in [0.717, 1.165) is 61.4 Å². The first kappa shape index (κ1) is 35.5. The summed E-state index contributed by atoms with van der Waals surface area (Å²) in [6, 6.07) is 66.4. The van der Waals surface area contributed by atoms with Crippen molar-refractivity contribution in [3.8, 4) is 39.8 Å². The van der Waals surface area contributed by atoms with Crippen LogP contribution in [0.1, 0.15) is 28.8 Å². The molecule has 0 fully saturated rings. The molecule has 300 valence electrons. The Balaban J connectivity index is 1.01. The van der Waals surface area contributed by atoms with Crippen LogP contribution in [0.25, 0.3) is 98.7 Å². The molecule has 0 saturated heterocycles. The predicted molar refractivity (Wildman–Crippen MR) is 263 cm³/mol. The van der Waals surface area contributed by atoms with Crippen LogP contribution in [0, 0.1) is 0 Å². The molecule has 8 aromatic carbocycles. The second kappa shape index (κ2) is 13.7. The van der Waals surface area contributed by atoms with Gasteiger partial charge in [0.1, 0.15) is 5.76 Å². The molecule has 0 N–H and O–H groups in total. The maximum absolute atomic E-state index is 7.04. The van der Waals surface area contributed by atoms with E-state index in [9.17, 15) is 0 Å². The highest BCUT2D eigenvalue weighted by Gasteiger charge is 2.45. The lowest BCUT2D eigenvalue weighted by Gasteiger charge is -2.32. The number of rotatable bonds is 5. The minimum atomic E-state index is -0.199. The first-order valence-corrected chi connectivity index (χ1v) is 22.5. The number of nitrogens with zero attached hydrogens (tertiary/aromatic N) is 5. The Kier molecular flexibility index (Phi) is 7.58. The minimum absolute atomic E-state index is 0.0164. The van der Waals surface area contributed by atoms with Gasteiger partial charge < -0.3 is 13.9 Å². The number of furan rings is 1. The van der Waals surface area contributed by atoms with Gasteiger partial charge in [-0.05, 0) is 64.9 Å². The molecule has 1 aliphatic heterocycles. The van der Waals surface area contributed by atoms with Gasteiger partial charge in [0.2, 0.25) is 5.95 Å². The van der Waals surface area contributed by atoms with E-state index in [2.05, 4.69) is 191 Å². The van der Waals surface area contributed by atoms with Crippen molar-refractivity contribution in [2.45, 2.75) is 12.0 Å². The summed E-state index contributed by atoms with van der Waals surface area (Å²) in [7, 11) is 0. The van der Waals surface area contributed by atoms with E-state index in [1.807, 2.05) is 29.5 Å². The molecule has 6 nitrogen and oxygen atoms in total. The van der Waals surface area contributed by atoms with Crippen LogP contribution in [-0.2, 0) is 0 Å². The van der Waals surface area contributed by atoms with Crippen molar-refractivity contribution in [2.75, 3.05) is 4.90 Å². The average Bonchev–Trinajstić information content (AvgIpc) is 4.13. The number of para-hydroxylation sites is 3. The second-order valence-corrected chi connectivity index (χ2v) is 17.8. The van der Waals surface area contributed by atoms with Crippen LogP contribution >= 0.6 is 11.3 Å². The summed E-state index contributed by atoms with van der Waals surface area (Å²) in [5.74, 6) is 2.73. The number of anilines is 2. The number of hydrogen-bond donors (Lipinski definition) is 0. The molecule has 12 aromatic rings. The standard InChI is InChI=1S/C57H35N5OS/c1-2-15-35(16-3-1)55-58-56(37-28-31-51-45(32-37)42-22-8-11-27-50(42)64-51)60-57(59-55)62-47-25-10-7-21-40(47)44-30-29-43-39-20-6-9-24-46(39)61(52(43)53(44)62)48-26-13-18-36-33-49(63-54(36)48)41-23-12-17-34-14-4-5-19-38(34)41/h1-33,44,53H. The van der Waals surface area contributed by atoms with Crippen LogP contribution in [0.15, 0.2) is 199 Å². The van der Waals surface area contributed by atoms with Gasteiger partial charge in [-0.3, -0.25) is 0 Å². The fraction of sp³-hybridized carbons (Fsp3) is 0.0351. The average molecular weight is 838 g/mol. The van der Waals surface area contributed by atoms with Crippen LogP contribution in [0.4, 0.5) is 11.6 Å². The first-order valence-electron chi connectivity index (χ1n) is 21.7. The smallest absolute Gasteiger partial charge is 0.234 e. The van der Waals surface area contributed by atoms with Crippen molar-refractivity contribution in [1.29, 1.82) is 0 Å². The Morgan fingerprint density at radius 2 is 1.22 bits per heavy atom. The largest absolute Gasteiger partial charge is 0.454 e. The topological polar surface area (TPSA) is 60.0 Å². The molecule has 0 saturated carbocycles. The van der Waals surface area contributed by atoms with E-state index in [1.54, 1.807) is 0 Å². The number of hydrogen-bond acceptors (Lipinski definition) is 6. The van der Waals surface area contributed by atoms with Crippen LogP contribution in [0.2, 0.25) is 0 Å². The first-order chi connectivity index (χ1) is 31.7. The summed E-state index contributed by atoms with van der Waals surface area (Å²) in [4.78, 5) is 18.5. The molecule has 7 heteroatoms. The lowest BCUT2D eigenvalue weighted by molar-refractivity contribution is 0.614. The predicted octanol–water partition coefficient (Wildman–Crippen LogP) is 15.1. The highest BCUT2D eigenvalue weighted by Crippen LogP contribution is 2.57. The number of aromatic nitrogens is 4. The lowest BCUT2D eigenvalue weighted by atomic mass is 9.86. The van der Waals surface area contributed by atoms with Crippen molar-refractivity contribution in [2.24, 2.45) is 0 Å². The van der Waals surface area contributed by atoms with Gasteiger partial charge in [-0.2, -0.15) is 9.97 Å². The molecule has 14 rings (SSSR count). The Morgan fingerprint density at radius 1 is 0.516 bits per heavy atom. The molecule has 0 spiro atoms. The third-order valence-corrected chi connectivity index (χ3v) is 14.4. The van der Waals surface area contributed by atoms with Gasteiger partial charge in [-0.1, -0.05) is 152 Å². The van der Waals surface area contributed by atoms with Crippen LogP contribution in [0.5, 0.6) is 0 Å². The number of thiophene rings is 1. The van der Waals surface area contributed by atoms with Gasteiger partial charge in [0.05, 0.1) is 22.9 Å². The zero-order valence-corrected chi connectivity index (χ0v) is 35.1. The van der Waals surface area contributed by atoms with Crippen molar-refractivity contribution < 1.29 is 4.42 Å². The van der Waals surface area contributed by atoms with Crippen LogP contribution in [-0.4, -0.2) is 19.5 Å². The summed E-state index contributed by atoms with van der Waals surface area (Å²) in [6.45, 7) is 0. The van der Waals surface area contributed by atoms with E-state index in [1.165, 1.54) is 42.1 Å². The van der Waals surface area contributed by atoms with Crippen molar-refractivity contribution in [3.05, 3.63) is 211 Å². The highest BCUT2D eigenvalue weighted by atomic mass is 32.1. The van der Waals surface area contributed by atoms with Gasteiger partial charge in [0.15, 0.2) is 17.2 Å². The van der Waals surface area contributed by atoms with E-state index in [-0.39, 0.29) is 12.0 Å². The van der Waals surface area contributed by atoms with Crippen molar-refractivity contribution in [3.63, 3.8) is 0 Å². The molecule has 2 unspecified atom stereocenters. The van der Waals surface area contributed by atoms with E-state index in [0.29, 0.717) is 17.6 Å². The molecular weight excluding hydrogens is 803 g/mol. The summed E-state index contributed by atoms with van der Waals surface area (Å²) in [5.41, 5.74) is 10.6. The zero-order chi connectivity index (χ0) is 41.9. The maximum Gasteiger partial charge on any atom is 0.234 e. The molecule has 2 aliphatic rings. The third-order valence-electron chi connectivity index (χ3n) is 13.2. The van der Waals surface area contributed by atoms with Crippen molar-refractivity contribution in [1.82, 2.24) is 19.5 Å². The van der Waals surface area contributed by atoms with Gasteiger partial charge in [0, 0.05) is 64.8 Å². The van der Waals surface area contributed by atoms with Crippen LogP contribution < -0.4 is 4.90 Å². The fourth-order valence-corrected chi connectivity index (χ4v) is 11.5. The molecule has 1 aliphatic carbocycles. The maximum atomic E-state index is 7.04. The fourth-order valence-electron chi connectivity index (χ4n) is 10.4. The SMILES string of the molecule is C1=CC2c3ccccc3N(c3nc(-c4ccccc4)nc(-c4ccc5sc6ccccc6c5c4)n3)C2c2c1c1ccccc1n2-c1cccc2cc(-c3cccc4ccccc34)oc12. The van der Waals surface area contributed by atoms with Gasteiger partial charge in [-0.25, -0.2) is 4.98 Å². The molecule has 4 aromatic heterocycles. The van der Waals surface area contributed by atoms with E-state index < -0.39 is 0 Å². The lowest BCUT2D eigenvalue weighted by Crippen LogP contribution is -2.28. The van der Waals surface area contributed by atoms with Crippen molar-refractivity contribution >= 4 is 81.9 Å². The normalized spacial score (nSPS) is 15.4. The summed E-state index contributed by atoms with van der Waals surface area (Å²) >= 11 is 1.81. The minimum Gasteiger partial charge on any atom is -0.454 e. The van der Waals surface area contributed by atoms with Gasteiger partial charge >= 0.3 is 0 Å². The van der Waals surface area contributed by atoms with Gasteiger partial charge in [-0.15, -0.1) is 11.3 Å². The Labute approximate surface area is 371 Å². The van der Waals surface area contributed by atoms with Gasteiger partial charge in [0.25, 0.3) is 0 Å². The highest BCUT2D eigenvalue weighted by molar-refractivity contribution is 7.25. The summed E-state index contributed by atoms with van der Waals surface area (Å²) in [5, 5.41) is 7.02. The Bertz CT molecular complexity index is 3890. The molecule has 0 bridgehead atoms. The number of benzene rings is 8. The molecule has 0 radical (unpaired) electrons. The quantitative estimate of drug-likeness (QED) is 0.173. The molecule has 5 heterocycles. The van der Waals surface area contributed by atoms with E-state index >= 15 is 0 Å². The molecular formula is C57H35N5OS. The zero-order valence-electron chi connectivity index (χ0n) is 34.3. The molecule has 0 amide bonds. The monoisotopic (exact) mass is 837 g/mol. The second-order valence-electron chi connectivity index (χ2n) is 16.7. The molecule has 2 atom stereocenters. The van der Waals surface area contributed by atoms with E-state index in [4.69, 9.17) is 19.4 Å². The Hall–Kier alpha value is -8.13. The summed E-state index contributed by atoms with van der Waals surface area (Å²) in [6.07, 6.45) is 4.71. The van der Waals surface area contributed by atoms with Crippen LogP contribution in [0.3, 0.4) is 0 Å².